The molecule has 0 radical (unpaired) electrons. The predicted octanol–water partition coefficient (Wildman–Crippen LogP) is 2.70. The lowest BCUT2D eigenvalue weighted by atomic mass is 10.2. The van der Waals surface area contributed by atoms with E-state index < -0.39 is 17.6 Å². The maximum Gasteiger partial charge on any atom is 0.505 e. The van der Waals surface area contributed by atoms with Gasteiger partial charge in [-0.15, -0.1) is 0 Å². The first kappa shape index (κ1) is 19.7. The minimum Gasteiger partial charge on any atom is -0.374 e. The van der Waals surface area contributed by atoms with Crippen LogP contribution in [0.1, 0.15) is 31.9 Å². The van der Waals surface area contributed by atoms with Crippen LogP contribution in [0.2, 0.25) is 0 Å². The minimum absolute atomic E-state index is 0.279. The average molecular weight is 365 g/mol. The summed E-state index contributed by atoms with van der Waals surface area (Å²) < 4.78 is 39.3. The molecular weight excluding hydrogens is 340 g/mol. The van der Waals surface area contributed by atoms with Crippen molar-refractivity contribution in [3.63, 3.8) is 0 Å². The monoisotopic (exact) mass is 364 g/mol. The summed E-state index contributed by atoms with van der Waals surface area (Å²) >= 11 is 4.79. The Hall–Kier alpha value is -0.353. The molecule has 0 saturated heterocycles. The van der Waals surface area contributed by atoms with E-state index in [1.807, 2.05) is 26.8 Å². The van der Waals surface area contributed by atoms with Gasteiger partial charge in [0, 0.05) is 37.1 Å². The molecule has 0 spiro atoms. The highest BCUT2D eigenvalue weighted by Gasteiger charge is 2.41. The number of benzene rings is 1. The average Bonchev–Trinajstić information content (AvgIpc) is 2.38. The lowest BCUT2D eigenvalue weighted by Gasteiger charge is -2.29. The molecule has 0 bridgehead atoms. The molecule has 1 aromatic rings. The summed E-state index contributed by atoms with van der Waals surface area (Å²) in [6, 6.07) is 5.71. The van der Waals surface area contributed by atoms with Crippen LogP contribution in [0.4, 0.5) is 0 Å². The van der Waals surface area contributed by atoms with Crippen LogP contribution in [0, 0.1) is 6.92 Å². The van der Waals surface area contributed by atoms with E-state index in [0.717, 1.165) is 0 Å². The molecule has 1 rings (SSSR count). The van der Waals surface area contributed by atoms with E-state index in [2.05, 4.69) is 0 Å². The molecule has 5 nitrogen and oxygen atoms in total. The Bertz CT molecular complexity index is 572. The van der Waals surface area contributed by atoms with Crippen molar-refractivity contribution in [1.29, 1.82) is 0 Å². The number of rotatable bonds is 9. The van der Waals surface area contributed by atoms with Crippen LogP contribution >= 0.6 is 0 Å². The van der Waals surface area contributed by atoms with E-state index in [4.69, 9.17) is 24.5 Å². The van der Waals surface area contributed by atoms with Crippen LogP contribution < -0.4 is 0 Å². The zero-order valence-electron chi connectivity index (χ0n) is 13.5. The van der Waals surface area contributed by atoms with E-state index in [0.29, 0.717) is 37.0 Å². The highest BCUT2D eigenvalue weighted by molar-refractivity contribution is 8.29. The smallest absolute Gasteiger partial charge is 0.374 e. The fourth-order valence-electron chi connectivity index (χ4n) is 2.39. The number of hydrogen-bond donors (Lipinski definition) is 1. The normalized spacial score (nSPS) is 14.8. The highest BCUT2D eigenvalue weighted by atomic mass is 32.8. The summed E-state index contributed by atoms with van der Waals surface area (Å²) in [5.74, 6) is 0. The Morgan fingerprint density at radius 2 is 1.64 bits per heavy atom. The molecule has 1 unspecified atom stereocenters. The molecule has 0 amide bonds. The molecule has 0 heterocycles. The molecule has 22 heavy (non-hydrogen) atoms. The molecule has 0 fully saturated rings. The summed E-state index contributed by atoms with van der Waals surface area (Å²) in [6.45, 7) is 8.76. The molecule has 1 N–H and O–H groups in total. The van der Waals surface area contributed by atoms with Gasteiger partial charge in [-0.3, -0.25) is 0 Å². The van der Waals surface area contributed by atoms with Crippen molar-refractivity contribution in [3.05, 3.63) is 29.3 Å². The zero-order chi connectivity index (χ0) is 16.8. The molecule has 0 aliphatic carbocycles. The molecular formula is C14H24O5S2Si. The van der Waals surface area contributed by atoms with Gasteiger partial charge < -0.3 is 17.8 Å². The molecule has 0 aliphatic rings. The predicted molar refractivity (Wildman–Crippen MR) is 91.9 cm³/mol. The van der Waals surface area contributed by atoms with Gasteiger partial charge in [0.2, 0.25) is 0 Å². The Balaban J connectivity index is 3.32. The first-order valence-electron chi connectivity index (χ1n) is 7.27. The summed E-state index contributed by atoms with van der Waals surface area (Å²) in [4.78, 5) is 0.279. The van der Waals surface area contributed by atoms with Crippen LogP contribution in [-0.4, -0.2) is 37.4 Å². The Morgan fingerprint density at radius 3 is 2.05 bits per heavy atom. The third kappa shape index (κ3) is 5.09. The Morgan fingerprint density at radius 1 is 1.14 bits per heavy atom. The third-order valence-electron chi connectivity index (χ3n) is 3.05. The van der Waals surface area contributed by atoms with Gasteiger partial charge in [0.25, 0.3) is 0 Å². The first-order chi connectivity index (χ1) is 10.3. The maximum absolute atomic E-state index is 12.1. The largest absolute Gasteiger partial charge is 0.505 e. The van der Waals surface area contributed by atoms with Crippen LogP contribution in [0.15, 0.2) is 23.1 Å². The second-order valence-electron chi connectivity index (χ2n) is 4.70. The summed E-state index contributed by atoms with van der Waals surface area (Å²) in [6.07, 6.45) is 0. The van der Waals surface area contributed by atoms with E-state index >= 15 is 0 Å². The molecule has 1 aromatic carbocycles. The van der Waals surface area contributed by atoms with Gasteiger partial charge >= 0.3 is 8.80 Å². The topological polar surface area (TPSA) is 65.0 Å². The molecule has 0 saturated carbocycles. The van der Waals surface area contributed by atoms with Crippen LogP contribution in [0.25, 0.3) is 0 Å². The Kier molecular flexibility index (Phi) is 7.60. The summed E-state index contributed by atoms with van der Waals surface area (Å²) in [5.41, 5.74) is 1.34. The third-order valence-corrected chi connectivity index (χ3v) is 7.65. The van der Waals surface area contributed by atoms with Crippen molar-refractivity contribution < 1.29 is 22.0 Å². The number of aryl methyl sites for hydroxylation is 1. The van der Waals surface area contributed by atoms with E-state index in [1.165, 1.54) is 0 Å². The second kappa shape index (κ2) is 8.49. The van der Waals surface area contributed by atoms with Gasteiger partial charge in [0.1, 0.15) is 0 Å². The van der Waals surface area contributed by atoms with Gasteiger partial charge in [0.15, 0.2) is 8.77 Å². The maximum atomic E-state index is 12.1. The SMILES string of the molecule is CCO[Si](Cc1cccc(C)c1S(=O)(O)=S)(OCC)OCC. The van der Waals surface area contributed by atoms with Crippen molar-refractivity contribution >= 4 is 28.8 Å². The van der Waals surface area contributed by atoms with Crippen LogP contribution in [0.3, 0.4) is 0 Å². The second-order valence-corrected chi connectivity index (χ2v) is 10.00. The number of hydrogen-bond acceptors (Lipinski definition) is 5. The zero-order valence-corrected chi connectivity index (χ0v) is 16.1. The molecule has 0 aliphatic heterocycles. The van der Waals surface area contributed by atoms with Crippen molar-refractivity contribution in [2.24, 2.45) is 0 Å². The minimum atomic E-state index is -3.49. The summed E-state index contributed by atoms with van der Waals surface area (Å²) in [5, 5.41) is 0. The van der Waals surface area contributed by atoms with Crippen LogP contribution in [0.5, 0.6) is 0 Å². The molecule has 1 atom stereocenters. The van der Waals surface area contributed by atoms with Gasteiger partial charge in [-0.2, -0.15) is 0 Å². The standard InChI is InChI=1S/C14H24O5S2Si/c1-5-17-22(18-6-2,19-7-3)11-13-10-8-9-12(4)14(13)21(15,16)20/h8-10H,5-7,11H2,1-4H3,(H,15,16,20). The molecule has 126 valence electrons. The summed E-state index contributed by atoms with van der Waals surface area (Å²) in [7, 11) is -6.44. The van der Waals surface area contributed by atoms with E-state index in [1.54, 1.807) is 19.1 Å². The van der Waals surface area contributed by atoms with E-state index in [9.17, 15) is 8.76 Å². The lowest BCUT2D eigenvalue weighted by Crippen LogP contribution is -2.49. The highest BCUT2D eigenvalue weighted by Crippen LogP contribution is 2.25. The van der Waals surface area contributed by atoms with Crippen LogP contribution in [-0.2, 0) is 39.3 Å². The van der Waals surface area contributed by atoms with Gasteiger partial charge in [-0.05, 0) is 38.8 Å². The Labute approximate surface area is 138 Å². The quantitative estimate of drug-likeness (QED) is 0.680. The lowest BCUT2D eigenvalue weighted by molar-refractivity contribution is 0.0702. The molecule has 8 heteroatoms. The van der Waals surface area contributed by atoms with Gasteiger partial charge in [-0.25, -0.2) is 4.21 Å². The fourth-order valence-corrected chi connectivity index (χ4v) is 6.82. The van der Waals surface area contributed by atoms with E-state index in [-0.39, 0.29) is 4.90 Å². The fraction of sp³-hybridized carbons (Fsp3) is 0.571. The van der Waals surface area contributed by atoms with Crippen molar-refractivity contribution in [1.82, 2.24) is 0 Å². The molecule has 0 aromatic heterocycles. The van der Waals surface area contributed by atoms with Gasteiger partial charge in [-0.1, -0.05) is 18.2 Å². The van der Waals surface area contributed by atoms with Crippen molar-refractivity contribution in [3.8, 4) is 0 Å². The van der Waals surface area contributed by atoms with Gasteiger partial charge in [0.05, 0.1) is 4.90 Å². The first-order valence-corrected chi connectivity index (χ1v) is 11.6. The van der Waals surface area contributed by atoms with Crippen molar-refractivity contribution in [2.45, 2.75) is 38.6 Å². The van der Waals surface area contributed by atoms with Crippen molar-refractivity contribution in [2.75, 3.05) is 19.8 Å².